The van der Waals surface area contributed by atoms with Crippen molar-refractivity contribution < 1.29 is 19.0 Å². The van der Waals surface area contributed by atoms with Crippen molar-refractivity contribution in [1.29, 1.82) is 0 Å². The molecule has 0 bridgehead atoms. The molecule has 168 valence electrons. The average molecular weight is 419 g/mol. The van der Waals surface area contributed by atoms with Gasteiger partial charge in [0, 0.05) is 25.6 Å². The van der Waals surface area contributed by atoms with Gasteiger partial charge in [0.2, 0.25) is 5.91 Å². The van der Waals surface area contributed by atoms with E-state index in [1.54, 1.807) is 20.3 Å². The molecule has 0 spiro atoms. The first-order valence-corrected chi connectivity index (χ1v) is 11.3. The lowest BCUT2D eigenvalue weighted by atomic mass is 9.86. The lowest BCUT2D eigenvalue weighted by molar-refractivity contribution is -0.116. The van der Waals surface area contributed by atoms with Gasteiger partial charge in [-0.25, -0.2) is 0 Å². The van der Waals surface area contributed by atoms with Gasteiger partial charge in [-0.2, -0.15) is 0 Å². The molecule has 2 aliphatic rings. The zero-order chi connectivity index (χ0) is 21.6. The minimum Gasteiger partial charge on any atom is -0.497 e. The third-order valence-corrected chi connectivity index (χ3v) is 6.49. The molecule has 1 N–H and O–H groups in total. The smallest absolute Gasteiger partial charge is 0.224 e. The summed E-state index contributed by atoms with van der Waals surface area (Å²) in [6.45, 7) is 8.79. The van der Waals surface area contributed by atoms with E-state index in [0.717, 1.165) is 38.5 Å². The monoisotopic (exact) mass is 418 g/mol. The Morgan fingerprint density at radius 1 is 1.17 bits per heavy atom. The van der Waals surface area contributed by atoms with Crippen LogP contribution in [0.5, 0.6) is 11.5 Å². The van der Waals surface area contributed by atoms with Gasteiger partial charge in [-0.3, -0.25) is 4.79 Å². The van der Waals surface area contributed by atoms with Gasteiger partial charge in [0.05, 0.1) is 25.5 Å². The number of likely N-dealkylation sites (tertiary alicyclic amines) is 1. The van der Waals surface area contributed by atoms with Crippen LogP contribution in [0.1, 0.15) is 52.4 Å². The molecule has 6 nitrogen and oxygen atoms in total. The lowest BCUT2D eigenvalue weighted by Crippen LogP contribution is -2.42. The summed E-state index contributed by atoms with van der Waals surface area (Å²) in [5, 5.41) is 2.98. The van der Waals surface area contributed by atoms with Gasteiger partial charge in [0.1, 0.15) is 11.5 Å². The molecular weight excluding hydrogens is 380 g/mol. The summed E-state index contributed by atoms with van der Waals surface area (Å²) in [6, 6.07) is 5.43. The van der Waals surface area contributed by atoms with Crippen LogP contribution in [-0.4, -0.2) is 56.9 Å². The van der Waals surface area contributed by atoms with Gasteiger partial charge in [0.25, 0.3) is 0 Å². The van der Waals surface area contributed by atoms with Gasteiger partial charge in [0.15, 0.2) is 0 Å². The Bertz CT molecular complexity index is 698. The van der Waals surface area contributed by atoms with E-state index in [1.165, 1.54) is 25.8 Å². The zero-order valence-electron chi connectivity index (χ0n) is 19.0. The van der Waals surface area contributed by atoms with E-state index in [-0.39, 0.29) is 11.5 Å². The van der Waals surface area contributed by atoms with Crippen molar-refractivity contribution in [3.63, 3.8) is 0 Å². The highest BCUT2D eigenvalue weighted by Gasteiger charge is 2.30. The van der Waals surface area contributed by atoms with Crippen LogP contribution in [-0.2, 0) is 9.53 Å². The molecule has 2 fully saturated rings. The largest absolute Gasteiger partial charge is 0.497 e. The van der Waals surface area contributed by atoms with Crippen molar-refractivity contribution in [2.24, 2.45) is 11.8 Å². The maximum absolute atomic E-state index is 12.4. The van der Waals surface area contributed by atoms with E-state index in [2.05, 4.69) is 24.1 Å². The summed E-state index contributed by atoms with van der Waals surface area (Å²) in [4.78, 5) is 15.1. The van der Waals surface area contributed by atoms with E-state index in [4.69, 9.17) is 14.2 Å². The standard InChI is InChI=1S/C24H38N2O4/c1-24(2)16-19(11-14-30-24)17-26-12-9-18(10-13-26)5-8-23(27)25-21-7-6-20(28-3)15-22(21)29-4/h6-7,15,18-19H,5,8-14,16-17H2,1-4H3,(H,25,27)/t19-/m0/s1. The highest BCUT2D eigenvalue weighted by Crippen LogP contribution is 2.31. The van der Waals surface area contributed by atoms with E-state index < -0.39 is 0 Å². The number of hydrogen-bond acceptors (Lipinski definition) is 5. The molecule has 0 aromatic heterocycles. The van der Waals surface area contributed by atoms with Crippen LogP contribution >= 0.6 is 0 Å². The Hall–Kier alpha value is -1.79. The minimum absolute atomic E-state index is 0.0289. The fourth-order valence-electron chi connectivity index (χ4n) is 4.79. The predicted octanol–water partition coefficient (Wildman–Crippen LogP) is 4.34. The van der Waals surface area contributed by atoms with Crippen molar-refractivity contribution in [2.45, 2.75) is 58.0 Å². The third-order valence-electron chi connectivity index (χ3n) is 6.49. The maximum atomic E-state index is 12.4. The molecule has 30 heavy (non-hydrogen) atoms. The second-order valence-electron chi connectivity index (χ2n) is 9.36. The molecule has 0 aliphatic carbocycles. The van der Waals surface area contributed by atoms with Crippen LogP contribution in [0.15, 0.2) is 18.2 Å². The number of piperidine rings is 1. The van der Waals surface area contributed by atoms with Crippen molar-refractivity contribution in [1.82, 2.24) is 4.90 Å². The Morgan fingerprint density at radius 3 is 2.60 bits per heavy atom. The van der Waals surface area contributed by atoms with Gasteiger partial charge < -0.3 is 24.4 Å². The number of ether oxygens (including phenoxy) is 3. The van der Waals surface area contributed by atoms with Crippen LogP contribution < -0.4 is 14.8 Å². The molecule has 1 aromatic carbocycles. The SMILES string of the molecule is COc1ccc(NC(=O)CCC2CCN(C[C@H]3CCOC(C)(C)C3)CC2)c(OC)c1. The van der Waals surface area contributed by atoms with Gasteiger partial charge >= 0.3 is 0 Å². The summed E-state index contributed by atoms with van der Waals surface area (Å²) >= 11 is 0. The van der Waals surface area contributed by atoms with E-state index in [0.29, 0.717) is 29.5 Å². The van der Waals surface area contributed by atoms with Gasteiger partial charge in [-0.15, -0.1) is 0 Å². The number of nitrogens with one attached hydrogen (secondary N) is 1. The maximum Gasteiger partial charge on any atom is 0.224 e. The minimum atomic E-state index is 0.0289. The number of methoxy groups -OCH3 is 2. The summed E-state index contributed by atoms with van der Waals surface area (Å²) < 4.78 is 16.4. The Labute approximate surface area is 181 Å². The zero-order valence-corrected chi connectivity index (χ0v) is 19.0. The topological polar surface area (TPSA) is 60.0 Å². The fraction of sp³-hybridized carbons (Fsp3) is 0.708. The highest BCUT2D eigenvalue weighted by molar-refractivity contribution is 5.92. The molecule has 1 aromatic rings. The molecule has 0 saturated carbocycles. The van der Waals surface area contributed by atoms with Crippen LogP contribution in [0.3, 0.4) is 0 Å². The van der Waals surface area contributed by atoms with Crippen LogP contribution in [0.4, 0.5) is 5.69 Å². The van der Waals surface area contributed by atoms with E-state index in [1.807, 2.05) is 12.1 Å². The molecular formula is C24H38N2O4. The number of nitrogens with zero attached hydrogens (tertiary/aromatic N) is 1. The number of amides is 1. The number of rotatable bonds is 8. The number of carbonyl (C=O) groups excluding carboxylic acids is 1. The average Bonchev–Trinajstić information content (AvgIpc) is 2.73. The van der Waals surface area contributed by atoms with Crippen molar-refractivity contribution in [2.75, 3.05) is 45.8 Å². The molecule has 3 rings (SSSR count). The first-order chi connectivity index (χ1) is 14.4. The first kappa shape index (κ1) is 22.9. The van der Waals surface area contributed by atoms with Crippen LogP contribution in [0.25, 0.3) is 0 Å². The summed E-state index contributed by atoms with van der Waals surface area (Å²) in [5.74, 6) is 2.75. The van der Waals surface area contributed by atoms with Crippen molar-refractivity contribution >= 4 is 11.6 Å². The number of benzene rings is 1. The van der Waals surface area contributed by atoms with E-state index in [9.17, 15) is 4.79 Å². The molecule has 1 atom stereocenters. The lowest BCUT2D eigenvalue weighted by Gasteiger charge is -2.39. The van der Waals surface area contributed by atoms with Gasteiger partial charge in [-0.1, -0.05) is 0 Å². The quantitative estimate of drug-likeness (QED) is 0.681. The molecule has 6 heteroatoms. The van der Waals surface area contributed by atoms with Crippen molar-refractivity contribution in [3.05, 3.63) is 18.2 Å². The summed E-state index contributed by atoms with van der Waals surface area (Å²) in [5.41, 5.74) is 0.721. The second kappa shape index (κ2) is 10.5. The van der Waals surface area contributed by atoms with Crippen LogP contribution in [0, 0.1) is 11.8 Å². The Balaban J connectivity index is 1.38. The van der Waals surface area contributed by atoms with Crippen LogP contribution in [0.2, 0.25) is 0 Å². The highest BCUT2D eigenvalue weighted by atomic mass is 16.5. The van der Waals surface area contributed by atoms with Gasteiger partial charge in [-0.05, 0) is 83.0 Å². The number of anilines is 1. The molecule has 2 saturated heterocycles. The summed E-state index contributed by atoms with van der Waals surface area (Å²) in [6.07, 6.45) is 6.20. The summed E-state index contributed by atoms with van der Waals surface area (Å²) in [7, 11) is 3.21. The van der Waals surface area contributed by atoms with Crippen molar-refractivity contribution in [3.8, 4) is 11.5 Å². The van der Waals surface area contributed by atoms with E-state index >= 15 is 0 Å². The Kier molecular flexibility index (Phi) is 8.00. The third kappa shape index (κ3) is 6.61. The molecule has 1 amide bonds. The molecule has 0 radical (unpaired) electrons. The fourth-order valence-corrected chi connectivity index (χ4v) is 4.79. The molecule has 2 heterocycles. The first-order valence-electron chi connectivity index (χ1n) is 11.3. The number of carbonyl (C=O) groups is 1. The normalized spacial score (nSPS) is 22.5. The number of hydrogen-bond donors (Lipinski definition) is 1. The molecule has 2 aliphatic heterocycles. The predicted molar refractivity (Wildman–Crippen MR) is 119 cm³/mol. The molecule has 0 unspecified atom stereocenters. The second-order valence-corrected chi connectivity index (χ2v) is 9.36. The Morgan fingerprint density at radius 2 is 1.93 bits per heavy atom.